The Morgan fingerprint density at radius 2 is 1.63 bits per heavy atom. The molecule has 1 N–H and O–H groups in total. The van der Waals surface area contributed by atoms with E-state index in [-0.39, 0.29) is 6.04 Å². The van der Waals surface area contributed by atoms with Crippen LogP contribution >= 0.6 is 0 Å². The molecule has 5 heteroatoms. The van der Waals surface area contributed by atoms with Crippen molar-refractivity contribution in [1.82, 2.24) is 9.29 Å². The topological polar surface area (TPSA) is 51.1 Å². The second-order valence-electron chi connectivity index (χ2n) is 7.44. The molecule has 0 amide bonds. The minimum atomic E-state index is -3.58. The molecule has 1 aromatic heterocycles. The van der Waals surface area contributed by atoms with Crippen LogP contribution in [0.3, 0.4) is 0 Å². The lowest BCUT2D eigenvalue weighted by atomic mass is 10.1. The van der Waals surface area contributed by atoms with Gasteiger partial charge in [-0.1, -0.05) is 42.8 Å². The molecule has 0 saturated heterocycles. The highest BCUT2D eigenvalue weighted by Crippen LogP contribution is 2.24. The van der Waals surface area contributed by atoms with E-state index >= 15 is 0 Å². The molecular formula is C22H28N2O2S. The van der Waals surface area contributed by atoms with Gasteiger partial charge in [0.05, 0.1) is 4.90 Å². The fourth-order valence-corrected chi connectivity index (χ4v) is 5.70. The molecule has 0 aliphatic rings. The van der Waals surface area contributed by atoms with Crippen molar-refractivity contribution >= 4 is 20.9 Å². The summed E-state index contributed by atoms with van der Waals surface area (Å²) in [6.45, 7) is 10.4. The van der Waals surface area contributed by atoms with Gasteiger partial charge in [-0.2, -0.15) is 0 Å². The molecule has 2 aromatic carbocycles. The molecule has 1 heterocycles. The van der Waals surface area contributed by atoms with E-state index in [0.29, 0.717) is 11.4 Å². The van der Waals surface area contributed by atoms with E-state index in [1.54, 1.807) is 0 Å². The first-order valence-electron chi connectivity index (χ1n) is 9.37. The van der Waals surface area contributed by atoms with Crippen molar-refractivity contribution in [1.29, 1.82) is 0 Å². The van der Waals surface area contributed by atoms with Gasteiger partial charge in [0.1, 0.15) is 0 Å². The smallest absolute Gasteiger partial charge is 0.241 e. The molecule has 4 nitrogen and oxygen atoms in total. The number of fused-ring (bicyclic) bond motifs is 1. The molecule has 144 valence electrons. The first-order valence-corrected chi connectivity index (χ1v) is 10.9. The van der Waals surface area contributed by atoms with Crippen molar-refractivity contribution in [2.75, 3.05) is 0 Å². The zero-order valence-electron chi connectivity index (χ0n) is 16.7. The second kappa shape index (κ2) is 7.49. The van der Waals surface area contributed by atoms with E-state index in [4.69, 9.17) is 0 Å². The van der Waals surface area contributed by atoms with Gasteiger partial charge in [-0.25, -0.2) is 13.1 Å². The van der Waals surface area contributed by atoms with E-state index in [1.807, 2.05) is 52.0 Å². The molecular weight excluding hydrogens is 356 g/mol. The molecule has 0 aliphatic heterocycles. The summed E-state index contributed by atoms with van der Waals surface area (Å²) in [5.74, 6) is 0. The van der Waals surface area contributed by atoms with Gasteiger partial charge in [0.25, 0.3) is 0 Å². The van der Waals surface area contributed by atoms with Gasteiger partial charge in [0.2, 0.25) is 10.0 Å². The number of hydrogen-bond acceptors (Lipinski definition) is 2. The predicted molar refractivity (Wildman–Crippen MR) is 112 cm³/mol. The molecule has 0 aliphatic carbocycles. The third kappa shape index (κ3) is 3.94. The van der Waals surface area contributed by atoms with Crippen LogP contribution < -0.4 is 4.72 Å². The minimum Gasteiger partial charge on any atom is -0.346 e. The highest BCUT2D eigenvalue weighted by molar-refractivity contribution is 7.89. The van der Waals surface area contributed by atoms with Crippen molar-refractivity contribution in [2.45, 2.75) is 58.5 Å². The number of hydrogen-bond donors (Lipinski definition) is 1. The number of nitrogens with zero attached hydrogens (tertiary/aromatic N) is 1. The van der Waals surface area contributed by atoms with Crippen LogP contribution in [0.4, 0.5) is 0 Å². The van der Waals surface area contributed by atoms with Crippen LogP contribution in [-0.4, -0.2) is 19.0 Å². The van der Waals surface area contributed by atoms with Crippen molar-refractivity contribution in [2.24, 2.45) is 0 Å². The van der Waals surface area contributed by atoms with Crippen LogP contribution in [-0.2, 0) is 16.6 Å². The second-order valence-corrected chi connectivity index (χ2v) is 9.09. The molecule has 0 bridgehead atoms. The van der Waals surface area contributed by atoms with Gasteiger partial charge in [-0.3, -0.25) is 0 Å². The average molecular weight is 385 g/mol. The first-order chi connectivity index (χ1) is 12.7. The zero-order chi connectivity index (χ0) is 19.8. The highest BCUT2D eigenvalue weighted by Gasteiger charge is 2.23. The van der Waals surface area contributed by atoms with Gasteiger partial charge >= 0.3 is 0 Å². The molecule has 3 aromatic rings. The van der Waals surface area contributed by atoms with Gasteiger partial charge in [-0.15, -0.1) is 0 Å². The van der Waals surface area contributed by atoms with E-state index < -0.39 is 10.0 Å². The Kier molecular flexibility index (Phi) is 5.45. The maximum atomic E-state index is 13.1. The van der Waals surface area contributed by atoms with E-state index in [9.17, 15) is 8.42 Å². The molecule has 0 unspecified atom stereocenters. The number of para-hydroxylation sites is 1. The summed E-state index contributed by atoms with van der Waals surface area (Å²) in [5.41, 5.74) is 4.99. The number of rotatable bonds is 6. The number of sulfonamides is 1. The SMILES string of the molecule is CC[C@@H](Cn1cc(C)c2ccccc21)NS(=O)(=O)c1c(C)cc(C)cc1C. The van der Waals surface area contributed by atoms with Crippen LogP contribution in [0, 0.1) is 27.7 Å². The summed E-state index contributed by atoms with van der Waals surface area (Å²) >= 11 is 0. The molecule has 27 heavy (non-hydrogen) atoms. The fourth-order valence-electron chi connectivity index (χ4n) is 3.94. The third-order valence-corrected chi connectivity index (χ3v) is 6.92. The maximum Gasteiger partial charge on any atom is 0.241 e. The normalized spacial score (nSPS) is 13.2. The summed E-state index contributed by atoms with van der Waals surface area (Å²) in [6.07, 6.45) is 2.82. The number of aromatic nitrogens is 1. The van der Waals surface area contributed by atoms with Crippen LogP contribution in [0.2, 0.25) is 0 Å². The summed E-state index contributed by atoms with van der Waals surface area (Å²) < 4.78 is 31.3. The average Bonchev–Trinajstić information content (AvgIpc) is 2.89. The minimum absolute atomic E-state index is 0.176. The van der Waals surface area contributed by atoms with Crippen molar-refractivity contribution < 1.29 is 8.42 Å². The largest absolute Gasteiger partial charge is 0.346 e. The Morgan fingerprint density at radius 3 is 2.26 bits per heavy atom. The standard InChI is InChI=1S/C22H28N2O2S/c1-6-19(14-24-13-18(5)20-9-7-8-10-21(20)24)23-27(25,26)22-16(3)11-15(2)12-17(22)4/h7-13,19,23H,6,14H2,1-5H3/t19-/m0/s1. The molecule has 0 radical (unpaired) electrons. The molecule has 1 atom stereocenters. The van der Waals surface area contributed by atoms with Crippen LogP contribution in [0.15, 0.2) is 47.5 Å². The van der Waals surface area contributed by atoms with E-state index in [2.05, 4.69) is 34.5 Å². The maximum absolute atomic E-state index is 13.1. The van der Waals surface area contributed by atoms with Gasteiger partial charge < -0.3 is 4.57 Å². The Morgan fingerprint density at radius 1 is 1.00 bits per heavy atom. The summed E-state index contributed by atoms with van der Waals surface area (Å²) in [5, 5.41) is 1.21. The lowest BCUT2D eigenvalue weighted by Gasteiger charge is -2.20. The van der Waals surface area contributed by atoms with Gasteiger partial charge in [0.15, 0.2) is 0 Å². The lowest BCUT2D eigenvalue weighted by molar-refractivity contribution is 0.491. The van der Waals surface area contributed by atoms with Crippen LogP contribution in [0.25, 0.3) is 10.9 Å². The van der Waals surface area contributed by atoms with Crippen molar-refractivity contribution in [3.8, 4) is 0 Å². The quantitative estimate of drug-likeness (QED) is 0.673. The van der Waals surface area contributed by atoms with E-state index in [1.165, 1.54) is 10.9 Å². The molecule has 0 fully saturated rings. The first kappa shape index (κ1) is 19.6. The van der Waals surface area contributed by atoms with Crippen LogP contribution in [0.5, 0.6) is 0 Å². The number of nitrogens with one attached hydrogen (secondary N) is 1. The van der Waals surface area contributed by atoms with Crippen molar-refractivity contribution in [3.05, 3.63) is 64.8 Å². The Labute approximate surface area is 162 Å². The summed E-state index contributed by atoms with van der Waals surface area (Å²) in [6, 6.07) is 11.9. The lowest BCUT2D eigenvalue weighted by Crippen LogP contribution is -2.38. The predicted octanol–water partition coefficient (Wildman–Crippen LogP) is 4.63. The molecule has 3 rings (SSSR count). The van der Waals surface area contributed by atoms with Gasteiger partial charge in [0, 0.05) is 29.7 Å². The monoisotopic (exact) mass is 384 g/mol. The summed E-state index contributed by atoms with van der Waals surface area (Å²) in [7, 11) is -3.58. The third-order valence-electron chi connectivity index (χ3n) is 5.09. The Bertz CT molecular complexity index is 1060. The number of aryl methyl sites for hydroxylation is 4. The van der Waals surface area contributed by atoms with E-state index in [0.717, 1.165) is 28.6 Å². The Balaban J connectivity index is 1.91. The number of benzene rings is 2. The van der Waals surface area contributed by atoms with Crippen LogP contribution in [0.1, 0.15) is 35.6 Å². The summed E-state index contributed by atoms with van der Waals surface area (Å²) in [4.78, 5) is 0.403. The molecule has 0 saturated carbocycles. The molecule has 0 spiro atoms. The van der Waals surface area contributed by atoms with Gasteiger partial charge in [-0.05, 0) is 56.9 Å². The Hall–Kier alpha value is -2.11. The van der Waals surface area contributed by atoms with Crippen molar-refractivity contribution in [3.63, 3.8) is 0 Å². The zero-order valence-corrected chi connectivity index (χ0v) is 17.5. The fraction of sp³-hybridized carbons (Fsp3) is 0.364. The highest BCUT2D eigenvalue weighted by atomic mass is 32.2.